The van der Waals surface area contributed by atoms with Crippen LogP contribution in [0.25, 0.3) is 0 Å². The van der Waals surface area contributed by atoms with Gasteiger partial charge in [-0.05, 0) is 0 Å². The Hall–Kier alpha value is -1.98. The minimum absolute atomic E-state index is 0.0547. The van der Waals surface area contributed by atoms with Crippen LogP contribution >= 0.6 is 0 Å². The van der Waals surface area contributed by atoms with Gasteiger partial charge in [-0.1, -0.05) is 13.8 Å². The predicted octanol–water partition coefficient (Wildman–Crippen LogP) is 1.44. The molecule has 1 saturated heterocycles. The summed E-state index contributed by atoms with van der Waals surface area (Å²) in [6.07, 6.45) is 1.80. The van der Waals surface area contributed by atoms with E-state index in [1.54, 1.807) is 13.3 Å². The van der Waals surface area contributed by atoms with E-state index >= 15 is 0 Å². The molecule has 0 radical (unpaired) electrons. The Morgan fingerprint density at radius 2 is 2.00 bits per heavy atom. The van der Waals surface area contributed by atoms with Gasteiger partial charge >= 0.3 is 0 Å². The van der Waals surface area contributed by atoms with Crippen LogP contribution in [0.3, 0.4) is 0 Å². The largest absolute Gasteiger partial charge is 0.493 e. The van der Waals surface area contributed by atoms with Gasteiger partial charge in [-0.15, -0.1) is 0 Å². The average molecular weight is 292 g/mol. The van der Waals surface area contributed by atoms with E-state index < -0.39 is 0 Å². The molecule has 2 rings (SSSR count). The standard InChI is InChI=1S/C15H24N4O2/c1-11(2)15(20)19-7-5-18(6-8-19)14-13(21-4)9-12(16-3)10-17-14/h9-11,16H,5-8H2,1-4H3. The van der Waals surface area contributed by atoms with E-state index in [0.717, 1.165) is 43.4 Å². The van der Waals surface area contributed by atoms with E-state index in [0.29, 0.717) is 0 Å². The van der Waals surface area contributed by atoms with Crippen molar-refractivity contribution < 1.29 is 9.53 Å². The fourth-order valence-corrected chi connectivity index (χ4v) is 2.47. The lowest BCUT2D eigenvalue weighted by Gasteiger charge is -2.36. The third-order valence-corrected chi connectivity index (χ3v) is 3.73. The maximum atomic E-state index is 12.0. The van der Waals surface area contributed by atoms with Crippen LogP contribution in [0.15, 0.2) is 12.3 Å². The Balaban J connectivity index is 2.07. The van der Waals surface area contributed by atoms with Gasteiger partial charge in [0.2, 0.25) is 5.91 Å². The molecule has 116 valence electrons. The molecular weight excluding hydrogens is 268 g/mol. The summed E-state index contributed by atoms with van der Waals surface area (Å²) in [6.45, 7) is 6.90. The van der Waals surface area contributed by atoms with Crippen LogP contribution < -0.4 is 15.0 Å². The van der Waals surface area contributed by atoms with Gasteiger partial charge < -0.3 is 19.9 Å². The molecule has 1 fully saturated rings. The lowest BCUT2D eigenvalue weighted by Crippen LogP contribution is -2.50. The zero-order valence-electron chi connectivity index (χ0n) is 13.2. The summed E-state index contributed by atoms with van der Waals surface area (Å²) in [4.78, 5) is 20.6. The summed E-state index contributed by atoms with van der Waals surface area (Å²) in [5.41, 5.74) is 0.921. The highest BCUT2D eigenvalue weighted by Gasteiger charge is 2.25. The number of aromatic nitrogens is 1. The second kappa shape index (κ2) is 6.65. The molecule has 0 bridgehead atoms. The van der Waals surface area contributed by atoms with Crippen molar-refractivity contribution in [3.8, 4) is 5.75 Å². The first kappa shape index (κ1) is 15.4. The molecular formula is C15H24N4O2. The van der Waals surface area contributed by atoms with E-state index in [9.17, 15) is 4.79 Å². The molecule has 1 N–H and O–H groups in total. The maximum Gasteiger partial charge on any atom is 0.225 e. The van der Waals surface area contributed by atoms with Crippen LogP contribution in [-0.2, 0) is 4.79 Å². The lowest BCUT2D eigenvalue weighted by atomic mass is 10.1. The summed E-state index contributed by atoms with van der Waals surface area (Å²) in [5.74, 6) is 1.87. The van der Waals surface area contributed by atoms with E-state index in [4.69, 9.17) is 4.74 Å². The second-order valence-electron chi connectivity index (χ2n) is 5.47. The quantitative estimate of drug-likeness (QED) is 0.910. The number of anilines is 2. The van der Waals surface area contributed by atoms with Crippen molar-refractivity contribution >= 4 is 17.4 Å². The highest BCUT2D eigenvalue weighted by atomic mass is 16.5. The van der Waals surface area contributed by atoms with Crippen LogP contribution in [0.5, 0.6) is 5.75 Å². The van der Waals surface area contributed by atoms with Crippen molar-refractivity contribution in [2.45, 2.75) is 13.8 Å². The molecule has 6 heteroatoms. The molecule has 21 heavy (non-hydrogen) atoms. The fourth-order valence-electron chi connectivity index (χ4n) is 2.47. The molecule has 0 saturated carbocycles. The van der Waals surface area contributed by atoms with Crippen molar-refractivity contribution in [2.75, 3.05) is 50.6 Å². The number of nitrogens with one attached hydrogen (secondary N) is 1. The number of hydrogen-bond donors (Lipinski definition) is 1. The normalized spacial score (nSPS) is 15.3. The zero-order valence-corrected chi connectivity index (χ0v) is 13.2. The van der Waals surface area contributed by atoms with E-state index in [1.807, 2.05) is 31.9 Å². The van der Waals surface area contributed by atoms with Crippen molar-refractivity contribution in [3.63, 3.8) is 0 Å². The number of carbonyl (C=O) groups is 1. The van der Waals surface area contributed by atoms with E-state index in [2.05, 4.69) is 15.2 Å². The Labute approximate surface area is 126 Å². The molecule has 0 unspecified atom stereocenters. The van der Waals surface area contributed by atoms with Crippen LogP contribution in [0.4, 0.5) is 11.5 Å². The van der Waals surface area contributed by atoms with Crippen molar-refractivity contribution in [1.29, 1.82) is 0 Å². The smallest absolute Gasteiger partial charge is 0.225 e. The number of methoxy groups -OCH3 is 1. The van der Waals surface area contributed by atoms with Gasteiger partial charge in [-0.25, -0.2) is 4.98 Å². The van der Waals surface area contributed by atoms with E-state index in [1.165, 1.54) is 0 Å². The Bertz CT molecular complexity index is 496. The molecule has 0 aliphatic carbocycles. The number of piperazine rings is 1. The maximum absolute atomic E-state index is 12.0. The molecule has 1 amide bonds. The number of ether oxygens (including phenoxy) is 1. The van der Waals surface area contributed by atoms with Gasteiger partial charge in [-0.2, -0.15) is 0 Å². The topological polar surface area (TPSA) is 57.7 Å². The van der Waals surface area contributed by atoms with Gasteiger partial charge in [0.05, 0.1) is 19.0 Å². The number of hydrogen-bond acceptors (Lipinski definition) is 5. The average Bonchev–Trinajstić information content (AvgIpc) is 2.53. The van der Waals surface area contributed by atoms with Crippen molar-refractivity contribution in [2.24, 2.45) is 5.92 Å². The molecule has 2 heterocycles. The van der Waals surface area contributed by atoms with Crippen LogP contribution in [0.1, 0.15) is 13.8 Å². The number of nitrogens with zero attached hydrogens (tertiary/aromatic N) is 3. The molecule has 1 aromatic rings. The second-order valence-corrected chi connectivity index (χ2v) is 5.47. The summed E-state index contributed by atoms with van der Waals surface area (Å²) in [5, 5.41) is 3.05. The highest BCUT2D eigenvalue weighted by molar-refractivity contribution is 5.78. The summed E-state index contributed by atoms with van der Waals surface area (Å²) in [6, 6.07) is 1.94. The third kappa shape index (κ3) is 3.37. The monoisotopic (exact) mass is 292 g/mol. The van der Waals surface area contributed by atoms with Crippen molar-refractivity contribution in [3.05, 3.63) is 12.3 Å². The predicted molar refractivity (Wildman–Crippen MR) is 84.0 cm³/mol. The number of amides is 1. The molecule has 0 spiro atoms. The molecule has 0 atom stereocenters. The Morgan fingerprint density at radius 3 is 2.52 bits per heavy atom. The summed E-state index contributed by atoms with van der Waals surface area (Å²) >= 11 is 0. The third-order valence-electron chi connectivity index (χ3n) is 3.73. The van der Waals surface area contributed by atoms with Gasteiger partial charge in [0.25, 0.3) is 0 Å². The summed E-state index contributed by atoms with van der Waals surface area (Å²) in [7, 11) is 3.50. The molecule has 1 aliphatic rings. The molecule has 0 aromatic carbocycles. The van der Waals surface area contributed by atoms with E-state index in [-0.39, 0.29) is 11.8 Å². The Kier molecular flexibility index (Phi) is 4.88. The SMILES string of the molecule is CNc1cnc(N2CCN(C(=O)C(C)C)CC2)c(OC)c1. The minimum Gasteiger partial charge on any atom is -0.493 e. The first-order chi connectivity index (χ1) is 10.1. The Morgan fingerprint density at radius 1 is 1.33 bits per heavy atom. The first-order valence-electron chi connectivity index (χ1n) is 7.32. The molecule has 1 aliphatic heterocycles. The zero-order chi connectivity index (χ0) is 15.4. The van der Waals surface area contributed by atoms with Crippen molar-refractivity contribution in [1.82, 2.24) is 9.88 Å². The lowest BCUT2D eigenvalue weighted by molar-refractivity contribution is -0.134. The number of pyridine rings is 1. The van der Waals surface area contributed by atoms with Crippen LogP contribution in [0.2, 0.25) is 0 Å². The van der Waals surface area contributed by atoms with Gasteiger partial charge in [0, 0.05) is 45.2 Å². The first-order valence-corrected chi connectivity index (χ1v) is 7.32. The summed E-state index contributed by atoms with van der Waals surface area (Å²) < 4.78 is 5.43. The molecule has 1 aromatic heterocycles. The number of rotatable bonds is 4. The van der Waals surface area contributed by atoms with Gasteiger partial charge in [0.15, 0.2) is 11.6 Å². The van der Waals surface area contributed by atoms with Crippen LogP contribution in [-0.4, -0.2) is 56.1 Å². The fraction of sp³-hybridized carbons (Fsp3) is 0.600. The highest BCUT2D eigenvalue weighted by Crippen LogP contribution is 2.29. The van der Waals surface area contributed by atoms with Crippen LogP contribution in [0, 0.1) is 5.92 Å². The molecule has 6 nitrogen and oxygen atoms in total. The minimum atomic E-state index is 0.0547. The number of carbonyl (C=O) groups excluding carboxylic acids is 1. The van der Waals surface area contributed by atoms with Gasteiger partial charge in [-0.3, -0.25) is 4.79 Å². The van der Waals surface area contributed by atoms with Gasteiger partial charge in [0.1, 0.15) is 0 Å².